The maximum atomic E-state index is 3.75. The summed E-state index contributed by atoms with van der Waals surface area (Å²) >= 11 is 0. The average molecular weight is 297 g/mol. The van der Waals surface area contributed by atoms with Gasteiger partial charge in [-0.1, -0.05) is 48.5 Å². The molecule has 0 spiro atoms. The van der Waals surface area contributed by atoms with E-state index in [9.17, 15) is 0 Å². The zero-order valence-corrected chi connectivity index (χ0v) is 16.1. The van der Waals surface area contributed by atoms with E-state index in [1.807, 2.05) is 0 Å². The van der Waals surface area contributed by atoms with Crippen molar-refractivity contribution in [3.8, 4) is 0 Å². The molecule has 4 unspecified atom stereocenters. The summed E-state index contributed by atoms with van der Waals surface area (Å²) in [6, 6.07) is 1.92. The molecule has 0 aromatic heterocycles. The predicted octanol–water partition coefficient (Wildman–Crippen LogP) is 4.55. The Labute approximate surface area is 134 Å². The van der Waals surface area contributed by atoms with Crippen LogP contribution in [-0.2, 0) is 0 Å². The van der Waals surface area contributed by atoms with Crippen LogP contribution in [0.25, 0.3) is 0 Å². The normalized spacial score (nSPS) is 29.7. The van der Waals surface area contributed by atoms with E-state index in [2.05, 4.69) is 72.7 Å². The van der Waals surface area contributed by atoms with Crippen molar-refractivity contribution in [1.82, 2.24) is 10.2 Å². The second kappa shape index (κ2) is 7.00. The first-order valence-corrected chi connectivity index (χ1v) is 8.93. The smallest absolute Gasteiger partial charge is 0.0252 e. The Bertz CT molecular complexity index is 299. The van der Waals surface area contributed by atoms with E-state index in [1.54, 1.807) is 0 Å². The van der Waals surface area contributed by atoms with E-state index in [0.717, 1.165) is 12.5 Å². The lowest BCUT2D eigenvalue weighted by Gasteiger charge is -2.49. The monoisotopic (exact) mass is 296 g/mol. The first kappa shape index (κ1) is 19.0. The molecule has 4 atom stereocenters. The second-order valence-corrected chi connectivity index (χ2v) is 9.31. The highest BCUT2D eigenvalue weighted by Gasteiger charge is 2.39. The lowest BCUT2D eigenvalue weighted by atomic mass is 9.69. The molecule has 0 aromatic rings. The molecule has 2 heteroatoms. The summed E-state index contributed by atoms with van der Waals surface area (Å²) in [6.45, 7) is 20.0. The molecule has 0 heterocycles. The van der Waals surface area contributed by atoms with E-state index in [1.165, 1.54) is 19.3 Å². The maximum Gasteiger partial charge on any atom is 0.0252 e. The van der Waals surface area contributed by atoms with Crippen molar-refractivity contribution >= 4 is 0 Å². The number of likely N-dealkylation sites (N-methyl/N-ethyl adjacent to an activating group) is 2. The molecule has 1 saturated carbocycles. The van der Waals surface area contributed by atoms with Crippen LogP contribution < -0.4 is 5.32 Å². The minimum atomic E-state index is 0.334. The largest absolute Gasteiger partial charge is 0.313 e. The van der Waals surface area contributed by atoms with E-state index in [-0.39, 0.29) is 0 Å². The van der Waals surface area contributed by atoms with Gasteiger partial charge in [0.15, 0.2) is 0 Å². The summed E-state index contributed by atoms with van der Waals surface area (Å²) in [5.74, 6) is 0.840. The Morgan fingerprint density at radius 2 is 1.67 bits per heavy atom. The van der Waals surface area contributed by atoms with Crippen molar-refractivity contribution in [3.63, 3.8) is 0 Å². The lowest BCUT2D eigenvalue weighted by Crippen LogP contribution is -2.57. The molecule has 0 aliphatic heterocycles. The molecule has 1 N–H and O–H groups in total. The van der Waals surface area contributed by atoms with Gasteiger partial charge in [0, 0.05) is 18.1 Å². The van der Waals surface area contributed by atoms with Gasteiger partial charge in [-0.15, -0.1) is 0 Å². The summed E-state index contributed by atoms with van der Waals surface area (Å²) in [5.41, 5.74) is 0.765. The second-order valence-electron chi connectivity index (χ2n) is 9.31. The van der Waals surface area contributed by atoms with Crippen molar-refractivity contribution in [2.45, 2.75) is 92.8 Å². The SMILES string of the molecule is CCNC1CCC(C(C)(C)C)CC1N(C)C(C)C(C)(C)C. The molecule has 0 aromatic carbocycles. The van der Waals surface area contributed by atoms with Gasteiger partial charge in [-0.3, -0.25) is 4.90 Å². The van der Waals surface area contributed by atoms with Crippen molar-refractivity contribution in [2.75, 3.05) is 13.6 Å². The molecule has 21 heavy (non-hydrogen) atoms. The standard InChI is InChI=1S/C19H40N2/c1-10-20-16-12-11-15(19(6,7)8)13-17(16)21(9)14(2)18(3,4)5/h14-17,20H,10-13H2,1-9H3. The van der Waals surface area contributed by atoms with Gasteiger partial charge in [0.1, 0.15) is 0 Å². The fourth-order valence-electron chi connectivity index (χ4n) is 3.78. The van der Waals surface area contributed by atoms with Crippen molar-refractivity contribution in [3.05, 3.63) is 0 Å². The summed E-state index contributed by atoms with van der Waals surface area (Å²) in [7, 11) is 2.34. The summed E-state index contributed by atoms with van der Waals surface area (Å²) in [5, 5.41) is 3.75. The minimum Gasteiger partial charge on any atom is -0.313 e. The Morgan fingerprint density at radius 3 is 2.10 bits per heavy atom. The van der Waals surface area contributed by atoms with Gasteiger partial charge < -0.3 is 5.32 Å². The summed E-state index contributed by atoms with van der Waals surface area (Å²) < 4.78 is 0. The van der Waals surface area contributed by atoms with Gasteiger partial charge in [0.25, 0.3) is 0 Å². The molecular formula is C19H40N2. The molecule has 1 rings (SSSR count). The highest BCUT2D eigenvalue weighted by Crippen LogP contribution is 2.40. The molecule has 1 aliphatic rings. The van der Waals surface area contributed by atoms with Gasteiger partial charge in [-0.05, 0) is 56.5 Å². The van der Waals surface area contributed by atoms with E-state index < -0.39 is 0 Å². The fourth-order valence-corrected chi connectivity index (χ4v) is 3.78. The van der Waals surface area contributed by atoms with E-state index in [4.69, 9.17) is 0 Å². The Hall–Kier alpha value is -0.0800. The minimum absolute atomic E-state index is 0.334. The van der Waals surface area contributed by atoms with Gasteiger partial charge in [-0.25, -0.2) is 0 Å². The van der Waals surface area contributed by atoms with Crippen molar-refractivity contribution in [2.24, 2.45) is 16.7 Å². The van der Waals surface area contributed by atoms with Gasteiger partial charge in [0.2, 0.25) is 0 Å². The molecule has 0 bridgehead atoms. The molecule has 1 aliphatic carbocycles. The fraction of sp³-hybridized carbons (Fsp3) is 1.00. The van der Waals surface area contributed by atoms with Crippen LogP contribution in [0.1, 0.15) is 74.7 Å². The molecule has 0 radical (unpaired) electrons. The average Bonchev–Trinajstić information content (AvgIpc) is 2.35. The van der Waals surface area contributed by atoms with Crippen LogP contribution in [0.5, 0.6) is 0 Å². The van der Waals surface area contributed by atoms with Gasteiger partial charge >= 0.3 is 0 Å². The molecule has 126 valence electrons. The quantitative estimate of drug-likeness (QED) is 0.819. The third kappa shape index (κ3) is 4.96. The van der Waals surface area contributed by atoms with Crippen LogP contribution >= 0.6 is 0 Å². The van der Waals surface area contributed by atoms with E-state index in [0.29, 0.717) is 29.0 Å². The van der Waals surface area contributed by atoms with Gasteiger partial charge in [-0.2, -0.15) is 0 Å². The van der Waals surface area contributed by atoms with Crippen LogP contribution in [0, 0.1) is 16.7 Å². The zero-order valence-electron chi connectivity index (χ0n) is 16.1. The molecular weight excluding hydrogens is 256 g/mol. The summed E-state index contributed by atoms with van der Waals surface area (Å²) in [4.78, 5) is 2.66. The number of hydrogen-bond acceptors (Lipinski definition) is 2. The molecule has 2 nitrogen and oxygen atoms in total. The molecule has 0 saturated heterocycles. The highest BCUT2D eigenvalue weighted by atomic mass is 15.2. The van der Waals surface area contributed by atoms with Crippen LogP contribution in [0.4, 0.5) is 0 Å². The number of rotatable bonds is 4. The number of hydrogen-bond donors (Lipinski definition) is 1. The Morgan fingerprint density at radius 1 is 1.10 bits per heavy atom. The highest BCUT2D eigenvalue weighted by molar-refractivity contribution is 4.95. The van der Waals surface area contributed by atoms with Crippen LogP contribution in [0.2, 0.25) is 0 Å². The summed E-state index contributed by atoms with van der Waals surface area (Å²) in [6.07, 6.45) is 4.02. The maximum absolute atomic E-state index is 3.75. The Kier molecular flexibility index (Phi) is 6.32. The van der Waals surface area contributed by atoms with Gasteiger partial charge in [0.05, 0.1) is 0 Å². The topological polar surface area (TPSA) is 15.3 Å². The third-order valence-electron chi connectivity index (χ3n) is 5.90. The van der Waals surface area contributed by atoms with Crippen LogP contribution in [-0.4, -0.2) is 36.6 Å². The zero-order chi connectivity index (χ0) is 16.4. The third-order valence-corrected chi connectivity index (χ3v) is 5.90. The van der Waals surface area contributed by atoms with Crippen molar-refractivity contribution < 1.29 is 0 Å². The molecule has 0 amide bonds. The predicted molar refractivity (Wildman–Crippen MR) is 94.7 cm³/mol. The lowest BCUT2D eigenvalue weighted by molar-refractivity contribution is 0.0235. The Balaban J connectivity index is 2.89. The van der Waals surface area contributed by atoms with E-state index >= 15 is 0 Å². The number of nitrogens with zero attached hydrogens (tertiary/aromatic N) is 1. The van der Waals surface area contributed by atoms with Crippen LogP contribution in [0.3, 0.4) is 0 Å². The first-order valence-electron chi connectivity index (χ1n) is 8.93. The van der Waals surface area contributed by atoms with Crippen molar-refractivity contribution in [1.29, 1.82) is 0 Å². The number of nitrogens with one attached hydrogen (secondary N) is 1. The molecule has 1 fully saturated rings. The van der Waals surface area contributed by atoms with Crippen LogP contribution in [0.15, 0.2) is 0 Å². The first-order chi connectivity index (χ1) is 9.48.